The van der Waals surface area contributed by atoms with Gasteiger partial charge in [0, 0.05) is 5.92 Å². The van der Waals surface area contributed by atoms with Crippen LogP contribution in [0.3, 0.4) is 0 Å². The van der Waals surface area contributed by atoms with E-state index in [1.807, 2.05) is 0 Å². The number of aldehydes is 1. The minimum Gasteiger partial charge on any atom is -0.399 e. The first-order chi connectivity index (χ1) is 6.61. The van der Waals surface area contributed by atoms with Crippen molar-refractivity contribution in [3.05, 3.63) is 0 Å². The third kappa shape index (κ3) is 1.11. The lowest BCUT2D eigenvalue weighted by atomic mass is 9.46. The zero-order valence-electron chi connectivity index (χ0n) is 8.99. The van der Waals surface area contributed by atoms with Crippen LogP contribution in [-0.2, 0) is 9.63 Å². The molecule has 0 spiro atoms. The number of carbonyl (C=O) groups excluding carboxylic acids is 1. The van der Waals surface area contributed by atoms with Crippen molar-refractivity contribution < 1.29 is 9.63 Å². The molecule has 3 saturated carbocycles. The van der Waals surface area contributed by atoms with Gasteiger partial charge >= 0.3 is 0 Å². The Bertz CT molecular complexity index is 283. The average molecular weight is 195 g/mol. The van der Waals surface area contributed by atoms with Crippen molar-refractivity contribution in [1.29, 1.82) is 0 Å². The number of hydrogen-bond acceptors (Lipinski definition) is 3. The monoisotopic (exact) mass is 195 g/mol. The molecule has 2 bridgehead atoms. The molecule has 3 rings (SSSR count). The van der Waals surface area contributed by atoms with Crippen molar-refractivity contribution in [2.45, 2.75) is 26.7 Å². The van der Waals surface area contributed by atoms with E-state index in [-0.39, 0.29) is 5.92 Å². The lowest BCUT2D eigenvalue weighted by Crippen LogP contribution is -2.56. The van der Waals surface area contributed by atoms with Crippen LogP contribution in [0.5, 0.6) is 0 Å². The van der Waals surface area contributed by atoms with Gasteiger partial charge in [-0.1, -0.05) is 19.0 Å². The first kappa shape index (κ1) is 9.69. The van der Waals surface area contributed by atoms with Crippen molar-refractivity contribution in [3.8, 4) is 0 Å². The van der Waals surface area contributed by atoms with Gasteiger partial charge < -0.3 is 9.63 Å². The topological polar surface area (TPSA) is 38.7 Å². The van der Waals surface area contributed by atoms with E-state index in [2.05, 4.69) is 19.0 Å². The van der Waals surface area contributed by atoms with Gasteiger partial charge in [0.1, 0.15) is 13.4 Å². The predicted octanol–water partition coefficient (Wildman–Crippen LogP) is 1.87. The second-order valence-electron chi connectivity index (χ2n) is 4.98. The molecule has 0 N–H and O–H groups in total. The van der Waals surface area contributed by atoms with E-state index in [1.54, 1.807) is 7.11 Å². The summed E-state index contributed by atoms with van der Waals surface area (Å²) in [6, 6.07) is 0. The standard InChI is InChI=1S/C11H17NO2/c1-11(2)8-4-7(6-13)10(12-14-3)9(11)5-8/h6-9H,4-5H2,1-3H3/t7-,8-,9+/m1/s1. The van der Waals surface area contributed by atoms with Gasteiger partial charge in [-0.3, -0.25) is 0 Å². The molecule has 3 aliphatic carbocycles. The summed E-state index contributed by atoms with van der Waals surface area (Å²) in [5, 5.41) is 4.04. The summed E-state index contributed by atoms with van der Waals surface area (Å²) in [4.78, 5) is 15.7. The molecular formula is C11H17NO2. The molecule has 3 fully saturated rings. The maximum absolute atomic E-state index is 10.9. The molecule has 3 heteroatoms. The van der Waals surface area contributed by atoms with Gasteiger partial charge in [0.15, 0.2) is 0 Å². The largest absolute Gasteiger partial charge is 0.399 e. The minimum absolute atomic E-state index is 0.00623. The van der Waals surface area contributed by atoms with Gasteiger partial charge in [0.05, 0.1) is 11.6 Å². The summed E-state index contributed by atoms with van der Waals surface area (Å²) < 4.78 is 0. The summed E-state index contributed by atoms with van der Waals surface area (Å²) in [6.07, 6.45) is 3.15. The summed E-state index contributed by atoms with van der Waals surface area (Å²) in [5.41, 5.74) is 1.28. The average Bonchev–Trinajstić information content (AvgIpc) is 2.18. The molecule has 0 heterocycles. The minimum atomic E-state index is 0.00623. The highest BCUT2D eigenvalue weighted by molar-refractivity contribution is 6.00. The molecule has 3 nitrogen and oxygen atoms in total. The zero-order chi connectivity index (χ0) is 10.3. The quantitative estimate of drug-likeness (QED) is 0.498. The van der Waals surface area contributed by atoms with E-state index >= 15 is 0 Å². The van der Waals surface area contributed by atoms with Crippen LogP contribution < -0.4 is 0 Å². The number of carbonyl (C=O) groups is 1. The fourth-order valence-electron chi connectivity index (χ4n) is 2.97. The van der Waals surface area contributed by atoms with Crippen LogP contribution in [0.15, 0.2) is 5.16 Å². The van der Waals surface area contributed by atoms with Gasteiger partial charge in [-0.25, -0.2) is 0 Å². The Hall–Kier alpha value is -0.860. The van der Waals surface area contributed by atoms with Gasteiger partial charge in [-0.2, -0.15) is 0 Å². The molecule has 78 valence electrons. The van der Waals surface area contributed by atoms with E-state index in [1.165, 1.54) is 6.42 Å². The Labute approximate surface area is 84.5 Å². The molecular weight excluding hydrogens is 178 g/mol. The van der Waals surface area contributed by atoms with E-state index in [9.17, 15) is 4.79 Å². The number of hydrogen-bond donors (Lipinski definition) is 0. The van der Waals surface area contributed by atoms with Crippen molar-refractivity contribution in [1.82, 2.24) is 0 Å². The molecule has 14 heavy (non-hydrogen) atoms. The van der Waals surface area contributed by atoms with Gasteiger partial charge in [0.25, 0.3) is 0 Å². The molecule has 0 amide bonds. The molecule has 0 aromatic rings. The van der Waals surface area contributed by atoms with Gasteiger partial charge in [0.2, 0.25) is 0 Å². The van der Waals surface area contributed by atoms with Crippen LogP contribution in [0.1, 0.15) is 26.7 Å². The third-order valence-corrected chi connectivity index (χ3v) is 4.11. The molecule has 0 unspecified atom stereocenters. The molecule has 0 radical (unpaired) electrons. The first-order valence-electron chi connectivity index (χ1n) is 5.17. The van der Waals surface area contributed by atoms with Crippen molar-refractivity contribution in [2.24, 2.45) is 28.3 Å². The lowest BCUT2D eigenvalue weighted by Gasteiger charge is -2.58. The van der Waals surface area contributed by atoms with E-state index in [0.29, 0.717) is 17.3 Å². The fraction of sp³-hybridized carbons (Fsp3) is 0.818. The smallest absolute Gasteiger partial charge is 0.128 e. The lowest BCUT2D eigenvalue weighted by molar-refractivity contribution is -0.113. The maximum atomic E-state index is 10.9. The van der Waals surface area contributed by atoms with Crippen LogP contribution in [0.25, 0.3) is 0 Å². The van der Waals surface area contributed by atoms with Crippen LogP contribution >= 0.6 is 0 Å². The van der Waals surface area contributed by atoms with Crippen molar-refractivity contribution >= 4 is 12.0 Å². The highest BCUT2D eigenvalue weighted by Crippen LogP contribution is 2.59. The SMILES string of the molecule is CON=C1[C@@H](C=O)C[C@@H]2C[C@@H]1C2(C)C. The van der Waals surface area contributed by atoms with Crippen LogP contribution in [0.4, 0.5) is 0 Å². The summed E-state index contributed by atoms with van der Waals surface area (Å²) in [7, 11) is 1.55. The molecule has 0 aromatic heterocycles. The Kier molecular flexibility index (Phi) is 2.13. The van der Waals surface area contributed by atoms with Crippen LogP contribution in [-0.4, -0.2) is 19.1 Å². The number of rotatable bonds is 2. The molecule has 3 aliphatic rings. The summed E-state index contributed by atoms with van der Waals surface area (Å²) >= 11 is 0. The predicted molar refractivity (Wildman–Crippen MR) is 54.0 cm³/mol. The van der Waals surface area contributed by atoms with E-state index < -0.39 is 0 Å². The molecule has 0 aliphatic heterocycles. The van der Waals surface area contributed by atoms with E-state index in [0.717, 1.165) is 18.4 Å². The summed E-state index contributed by atoms with van der Waals surface area (Å²) in [6.45, 7) is 4.52. The van der Waals surface area contributed by atoms with Gasteiger partial charge in [-0.15, -0.1) is 0 Å². The fourth-order valence-corrected chi connectivity index (χ4v) is 2.97. The Morgan fingerprint density at radius 3 is 2.71 bits per heavy atom. The summed E-state index contributed by atoms with van der Waals surface area (Å²) in [5.74, 6) is 1.15. The Balaban J connectivity index is 2.26. The zero-order valence-corrected chi connectivity index (χ0v) is 8.99. The van der Waals surface area contributed by atoms with Crippen LogP contribution in [0, 0.1) is 23.2 Å². The maximum Gasteiger partial charge on any atom is 0.128 e. The molecule has 3 atom stereocenters. The number of fused-ring (bicyclic) bond motifs is 2. The van der Waals surface area contributed by atoms with Crippen molar-refractivity contribution in [2.75, 3.05) is 7.11 Å². The number of oxime groups is 1. The second kappa shape index (κ2) is 3.07. The first-order valence-corrected chi connectivity index (χ1v) is 5.17. The third-order valence-electron chi connectivity index (χ3n) is 4.11. The van der Waals surface area contributed by atoms with E-state index in [4.69, 9.17) is 4.84 Å². The Morgan fingerprint density at radius 2 is 2.21 bits per heavy atom. The second-order valence-corrected chi connectivity index (χ2v) is 4.98. The highest BCUT2D eigenvalue weighted by atomic mass is 16.6. The Morgan fingerprint density at radius 1 is 1.50 bits per heavy atom. The van der Waals surface area contributed by atoms with Crippen LogP contribution in [0.2, 0.25) is 0 Å². The highest BCUT2D eigenvalue weighted by Gasteiger charge is 2.56. The van der Waals surface area contributed by atoms with Crippen molar-refractivity contribution in [3.63, 3.8) is 0 Å². The molecule has 0 aromatic carbocycles. The molecule has 0 saturated heterocycles. The number of nitrogens with zero attached hydrogens (tertiary/aromatic N) is 1. The van der Waals surface area contributed by atoms with Gasteiger partial charge in [-0.05, 0) is 24.2 Å². The normalized spacial score (nSPS) is 41.6.